The molecule has 0 spiro atoms. The maximum Gasteiger partial charge on any atom is 0.0535 e. The fourth-order valence-corrected chi connectivity index (χ4v) is 0.854. The lowest BCUT2D eigenvalue weighted by Crippen LogP contribution is -2.20. The minimum atomic E-state index is 1.00. The second kappa shape index (κ2) is 2.93. The Morgan fingerprint density at radius 3 is 3.10 bits per heavy atom. The zero-order valence-electron chi connectivity index (χ0n) is 5.89. The van der Waals surface area contributed by atoms with Crippen LogP contribution in [-0.4, -0.2) is 4.98 Å². The first-order valence-corrected chi connectivity index (χ1v) is 3.14. The summed E-state index contributed by atoms with van der Waals surface area (Å²) in [4.78, 5) is 3.03. The van der Waals surface area contributed by atoms with Gasteiger partial charge in [0.2, 0.25) is 0 Å². The van der Waals surface area contributed by atoms with Gasteiger partial charge in [-0.3, -0.25) is 0 Å². The molecule has 0 aromatic carbocycles. The average molecular weight is 131 g/mol. The summed E-state index contributed by atoms with van der Waals surface area (Å²) in [5.41, 5.74) is 0. The number of H-pyrrole nitrogens is 1. The Morgan fingerprint density at radius 2 is 2.50 bits per heavy atom. The molecule has 0 aliphatic carbocycles. The van der Waals surface area contributed by atoms with Crippen LogP contribution in [0.1, 0.15) is 6.92 Å². The third-order valence-electron chi connectivity index (χ3n) is 1.35. The van der Waals surface area contributed by atoms with Crippen LogP contribution in [0.2, 0.25) is 0 Å². The number of terminal acetylenes is 1. The van der Waals surface area contributed by atoms with Gasteiger partial charge in [-0.25, -0.2) is 0 Å². The molecule has 50 valence electrons. The monoisotopic (exact) mass is 131 g/mol. The highest BCUT2D eigenvalue weighted by atomic mass is 14.6. The van der Waals surface area contributed by atoms with Crippen LogP contribution in [0, 0.1) is 12.3 Å². The van der Waals surface area contributed by atoms with Crippen molar-refractivity contribution in [1.82, 2.24) is 4.98 Å². The summed E-state index contributed by atoms with van der Waals surface area (Å²) in [6.07, 6.45) is 10.7. The molecule has 1 heteroatoms. The smallest absolute Gasteiger partial charge is 0.0535 e. The van der Waals surface area contributed by atoms with Gasteiger partial charge < -0.3 is 4.98 Å². The second-order valence-corrected chi connectivity index (χ2v) is 1.95. The summed E-state index contributed by atoms with van der Waals surface area (Å²) in [7, 11) is 0. The minimum Gasteiger partial charge on any atom is -0.361 e. The van der Waals surface area contributed by atoms with Gasteiger partial charge in [-0.2, -0.15) is 0 Å². The number of rotatable bonds is 0. The van der Waals surface area contributed by atoms with Crippen molar-refractivity contribution in [2.75, 3.05) is 0 Å². The van der Waals surface area contributed by atoms with Crippen molar-refractivity contribution in [3.63, 3.8) is 0 Å². The molecule has 0 radical (unpaired) electrons. The van der Waals surface area contributed by atoms with Crippen LogP contribution in [0.15, 0.2) is 12.3 Å². The second-order valence-electron chi connectivity index (χ2n) is 1.95. The van der Waals surface area contributed by atoms with Gasteiger partial charge in [0.15, 0.2) is 0 Å². The minimum absolute atomic E-state index is 1.00. The Morgan fingerprint density at radius 1 is 1.70 bits per heavy atom. The third-order valence-corrected chi connectivity index (χ3v) is 1.35. The van der Waals surface area contributed by atoms with Crippen LogP contribution in [0.5, 0.6) is 0 Å². The van der Waals surface area contributed by atoms with Gasteiger partial charge in [0.1, 0.15) is 0 Å². The van der Waals surface area contributed by atoms with Crippen LogP contribution < -0.4 is 10.6 Å². The highest BCUT2D eigenvalue weighted by molar-refractivity contribution is 5.42. The molecule has 1 nitrogen and oxygen atoms in total. The Kier molecular flexibility index (Phi) is 1.96. The molecule has 0 amide bonds. The highest BCUT2D eigenvalue weighted by Gasteiger charge is 1.79. The summed E-state index contributed by atoms with van der Waals surface area (Å²) in [5.74, 6) is 2.47. The van der Waals surface area contributed by atoms with Crippen molar-refractivity contribution < 1.29 is 0 Å². The number of nitrogens with one attached hydrogen (secondary N) is 1. The van der Waals surface area contributed by atoms with Crippen molar-refractivity contribution in [2.45, 2.75) is 6.92 Å². The standard InChI is InChI=1S/C9H9N/c1-3-5-9-8(4-2)6-7-10-9/h1,4-7,10H,2H3/b8-4-,9-5+. The van der Waals surface area contributed by atoms with E-state index in [1.54, 1.807) is 6.08 Å². The van der Waals surface area contributed by atoms with E-state index in [4.69, 9.17) is 6.42 Å². The number of aromatic amines is 1. The summed E-state index contributed by atoms with van der Waals surface area (Å²) < 4.78 is 0. The van der Waals surface area contributed by atoms with Crippen LogP contribution in [0.4, 0.5) is 0 Å². The van der Waals surface area contributed by atoms with Crippen molar-refractivity contribution in [3.05, 3.63) is 22.8 Å². The molecule has 0 fully saturated rings. The molecular weight excluding hydrogens is 122 g/mol. The number of aromatic nitrogens is 1. The molecule has 1 heterocycles. The van der Waals surface area contributed by atoms with E-state index in [2.05, 4.69) is 10.9 Å². The lowest BCUT2D eigenvalue weighted by atomic mass is 10.4. The molecule has 0 aliphatic heterocycles. The first-order chi connectivity index (χ1) is 4.88. The first-order valence-electron chi connectivity index (χ1n) is 3.14. The highest BCUT2D eigenvalue weighted by Crippen LogP contribution is 1.63. The molecule has 0 bridgehead atoms. The number of hydrogen-bond acceptors (Lipinski definition) is 0. The van der Waals surface area contributed by atoms with Crippen molar-refractivity contribution >= 4 is 12.2 Å². The number of hydrogen-bond donors (Lipinski definition) is 1. The maximum atomic E-state index is 5.10. The largest absolute Gasteiger partial charge is 0.361 e. The zero-order chi connectivity index (χ0) is 7.40. The molecule has 10 heavy (non-hydrogen) atoms. The van der Waals surface area contributed by atoms with E-state index >= 15 is 0 Å². The van der Waals surface area contributed by atoms with Crippen LogP contribution in [0.25, 0.3) is 12.2 Å². The van der Waals surface area contributed by atoms with E-state index < -0.39 is 0 Å². The van der Waals surface area contributed by atoms with E-state index in [-0.39, 0.29) is 0 Å². The Balaban J connectivity index is 3.46. The van der Waals surface area contributed by atoms with Gasteiger partial charge >= 0.3 is 0 Å². The normalized spacial score (nSPS) is 13.6. The van der Waals surface area contributed by atoms with Crippen molar-refractivity contribution in [3.8, 4) is 12.3 Å². The summed E-state index contributed by atoms with van der Waals surface area (Å²) in [5, 5.41) is 2.16. The predicted molar refractivity (Wildman–Crippen MR) is 43.5 cm³/mol. The molecule has 0 saturated heterocycles. The molecule has 1 N–H and O–H groups in total. The van der Waals surface area contributed by atoms with Gasteiger partial charge in [-0.05, 0) is 18.2 Å². The Labute approximate surface area is 60.1 Å². The molecule has 0 atom stereocenters. The molecule has 0 aliphatic rings. The molecule has 1 aromatic rings. The SMILES string of the molecule is C#C/C=c1/[nH]cc/c1=C/C. The van der Waals surface area contributed by atoms with Gasteiger partial charge in [0.25, 0.3) is 0 Å². The summed E-state index contributed by atoms with van der Waals surface area (Å²) >= 11 is 0. The van der Waals surface area contributed by atoms with E-state index in [0.29, 0.717) is 0 Å². The Bertz CT molecular complexity index is 349. The molecule has 0 saturated carbocycles. The quantitative estimate of drug-likeness (QED) is 0.485. The zero-order valence-corrected chi connectivity index (χ0v) is 5.89. The third kappa shape index (κ3) is 1.11. The lowest BCUT2D eigenvalue weighted by molar-refractivity contribution is 1.32. The fourth-order valence-electron chi connectivity index (χ4n) is 0.854. The van der Waals surface area contributed by atoms with Gasteiger partial charge in [0, 0.05) is 12.3 Å². The Hall–Kier alpha value is -1.42. The molecule has 1 rings (SSSR count). The molecule has 0 unspecified atom stereocenters. The topological polar surface area (TPSA) is 15.8 Å². The fraction of sp³-hybridized carbons (Fsp3) is 0.111. The van der Waals surface area contributed by atoms with Crippen molar-refractivity contribution in [2.24, 2.45) is 0 Å². The average Bonchev–Trinajstić information content (AvgIpc) is 2.36. The molecular formula is C9H9N. The molecule has 1 aromatic heterocycles. The van der Waals surface area contributed by atoms with Crippen LogP contribution in [0.3, 0.4) is 0 Å². The summed E-state index contributed by atoms with van der Waals surface area (Å²) in [6.45, 7) is 1.98. The van der Waals surface area contributed by atoms with Crippen LogP contribution in [-0.2, 0) is 0 Å². The lowest BCUT2D eigenvalue weighted by Gasteiger charge is -1.72. The van der Waals surface area contributed by atoms with Crippen LogP contribution >= 0.6 is 0 Å². The van der Waals surface area contributed by atoms with E-state index in [1.165, 1.54) is 0 Å². The predicted octanol–water partition coefficient (Wildman–Crippen LogP) is 0.229. The van der Waals surface area contributed by atoms with E-state index in [1.807, 2.05) is 25.3 Å². The van der Waals surface area contributed by atoms with Gasteiger partial charge in [-0.15, -0.1) is 6.42 Å². The van der Waals surface area contributed by atoms with E-state index in [0.717, 1.165) is 10.6 Å². The van der Waals surface area contributed by atoms with Gasteiger partial charge in [-0.1, -0.05) is 12.0 Å². The summed E-state index contributed by atoms with van der Waals surface area (Å²) in [6, 6.07) is 1.99. The van der Waals surface area contributed by atoms with Crippen molar-refractivity contribution in [1.29, 1.82) is 0 Å². The van der Waals surface area contributed by atoms with E-state index in [9.17, 15) is 0 Å². The first kappa shape index (κ1) is 6.70. The maximum absolute atomic E-state index is 5.10. The van der Waals surface area contributed by atoms with Gasteiger partial charge in [0.05, 0.1) is 5.35 Å².